The lowest BCUT2D eigenvalue weighted by Crippen LogP contribution is -1.98. The van der Waals surface area contributed by atoms with E-state index in [0.29, 0.717) is 12.5 Å². The fourth-order valence-corrected chi connectivity index (χ4v) is 2.39. The highest BCUT2D eigenvalue weighted by molar-refractivity contribution is 5.77. The van der Waals surface area contributed by atoms with Crippen LogP contribution in [0.3, 0.4) is 0 Å². The minimum atomic E-state index is 0.594. The number of benzene rings is 1. The molecule has 3 heteroatoms. The first-order valence-corrected chi connectivity index (χ1v) is 5.86. The molecule has 1 aromatic heterocycles. The van der Waals surface area contributed by atoms with Gasteiger partial charge in [0.15, 0.2) is 0 Å². The Balaban J connectivity index is 2.15. The summed E-state index contributed by atoms with van der Waals surface area (Å²) in [5.41, 5.74) is 9.13. The molecule has 2 unspecified atom stereocenters. The molecular weight excluding hydrogens is 198 g/mol. The van der Waals surface area contributed by atoms with E-state index in [2.05, 4.69) is 36.7 Å². The maximum absolute atomic E-state index is 5.66. The highest BCUT2D eigenvalue weighted by atomic mass is 15.1. The number of rotatable bonds is 2. The molecule has 0 saturated heterocycles. The summed E-state index contributed by atoms with van der Waals surface area (Å²) in [5.74, 6) is 2.69. The van der Waals surface area contributed by atoms with Crippen molar-refractivity contribution in [1.82, 2.24) is 9.55 Å². The molecule has 0 bridgehead atoms. The molecule has 2 aromatic rings. The smallest absolute Gasteiger partial charge is 0.113 e. The molecule has 84 valence electrons. The van der Waals surface area contributed by atoms with Crippen molar-refractivity contribution in [1.29, 1.82) is 0 Å². The normalized spacial score (nSPS) is 23.9. The van der Waals surface area contributed by atoms with Gasteiger partial charge in [0.25, 0.3) is 0 Å². The third kappa shape index (κ3) is 1.35. The number of hydrogen-bond acceptors (Lipinski definition) is 2. The fraction of sp³-hybridized carbons (Fsp3) is 0.462. The van der Waals surface area contributed by atoms with E-state index < -0.39 is 0 Å². The number of nitrogens with zero attached hydrogens (tertiary/aromatic N) is 2. The monoisotopic (exact) mass is 215 g/mol. The number of fused-ring (bicyclic) bond motifs is 1. The summed E-state index contributed by atoms with van der Waals surface area (Å²) in [4.78, 5) is 4.72. The first kappa shape index (κ1) is 9.85. The lowest BCUT2D eigenvalue weighted by Gasteiger charge is -2.01. The van der Waals surface area contributed by atoms with Crippen molar-refractivity contribution in [3.8, 4) is 0 Å². The van der Waals surface area contributed by atoms with Crippen LogP contribution in [0.2, 0.25) is 0 Å². The van der Waals surface area contributed by atoms with E-state index in [0.717, 1.165) is 11.4 Å². The standard InChI is InChI=1S/C13H17N3/c1-8-5-10(8)13-15-11-4-3-9(7-14)6-12(11)16(13)2/h3-4,6,8,10H,5,7,14H2,1-2H3. The van der Waals surface area contributed by atoms with Crippen LogP contribution in [-0.4, -0.2) is 9.55 Å². The van der Waals surface area contributed by atoms with Gasteiger partial charge in [0.05, 0.1) is 11.0 Å². The zero-order valence-electron chi connectivity index (χ0n) is 9.77. The maximum atomic E-state index is 5.66. The second-order valence-corrected chi connectivity index (χ2v) is 4.88. The van der Waals surface area contributed by atoms with Gasteiger partial charge in [-0.2, -0.15) is 0 Å². The number of nitrogens with two attached hydrogens (primary N) is 1. The fourth-order valence-electron chi connectivity index (χ4n) is 2.39. The van der Waals surface area contributed by atoms with Gasteiger partial charge < -0.3 is 10.3 Å². The highest BCUT2D eigenvalue weighted by Gasteiger charge is 2.37. The molecule has 2 atom stereocenters. The molecule has 3 nitrogen and oxygen atoms in total. The van der Waals surface area contributed by atoms with Crippen LogP contribution in [0.4, 0.5) is 0 Å². The van der Waals surface area contributed by atoms with Crippen molar-refractivity contribution in [3.05, 3.63) is 29.6 Å². The van der Waals surface area contributed by atoms with Crippen molar-refractivity contribution in [2.75, 3.05) is 0 Å². The molecule has 0 amide bonds. The van der Waals surface area contributed by atoms with Gasteiger partial charge in [0, 0.05) is 19.5 Å². The molecule has 0 aliphatic heterocycles. The first-order chi connectivity index (χ1) is 7.70. The summed E-state index contributed by atoms with van der Waals surface area (Å²) in [6.07, 6.45) is 1.28. The van der Waals surface area contributed by atoms with Gasteiger partial charge in [-0.3, -0.25) is 0 Å². The van der Waals surface area contributed by atoms with Gasteiger partial charge in [-0.15, -0.1) is 0 Å². The van der Waals surface area contributed by atoms with Crippen molar-refractivity contribution in [2.24, 2.45) is 18.7 Å². The molecule has 1 aliphatic rings. The Morgan fingerprint density at radius 2 is 2.25 bits per heavy atom. The van der Waals surface area contributed by atoms with Crippen LogP contribution in [0, 0.1) is 5.92 Å². The molecule has 3 rings (SSSR count). The molecule has 1 aliphatic carbocycles. The summed E-state index contributed by atoms with van der Waals surface area (Å²) < 4.78 is 2.22. The predicted molar refractivity (Wildman–Crippen MR) is 65.1 cm³/mol. The third-order valence-electron chi connectivity index (χ3n) is 3.66. The van der Waals surface area contributed by atoms with Crippen LogP contribution < -0.4 is 5.73 Å². The summed E-state index contributed by atoms with van der Waals surface area (Å²) in [6.45, 7) is 2.88. The van der Waals surface area contributed by atoms with Crippen molar-refractivity contribution >= 4 is 11.0 Å². The van der Waals surface area contributed by atoms with E-state index in [4.69, 9.17) is 10.7 Å². The van der Waals surface area contributed by atoms with Gasteiger partial charge in [0.2, 0.25) is 0 Å². The summed E-state index contributed by atoms with van der Waals surface area (Å²) in [6, 6.07) is 6.29. The van der Waals surface area contributed by atoms with E-state index in [1.165, 1.54) is 23.3 Å². The van der Waals surface area contributed by atoms with Gasteiger partial charge in [0.1, 0.15) is 5.82 Å². The van der Waals surface area contributed by atoms with Gasteiger partial charge >= 0.3 is 0 Å². The Kier molecular flexibility index (Phi) is 2.04. The minimum Gasteiger partial charge on any atom is -0.331 e. The topological polar surface area (TPSA) is 43.8 Å². The summed E-state index contributed by atoms with van der Waals surface area (Å²) in [7, 11) is 2.11. The summed E-state index contributed by atoms with van der Waals surface area (Å²) in [5, 5.41) is 0. The van der Waals surface area contributed by atoms with Gasteiger partial charge in [-0.25, -0.2) is 4.98 Å². The van der Waals surface area contributed by atoms with Crippen LogP contribution in [0.25, 0.3) is 11.0 Å². The molecular formula is C13H17N3. The highest BCUT2D eigenvalue weighted by Crippen LogP contribution is 2.46. The quantitative estimate of drug-likeness (QED) is 0.834. The van der Waals surface area contributed by atoms with E-state index in [1.807, 2.05) is 0 Å². The average Bonchev–Trinajstić information content (AvgIpc) is 2.93. The second kappa shape index (κ2) is 3.32. The second-order valence-electron chi connectivity index (χ2n) is 4.88. The van der Waals surface area contributed by atoms with Crippen LogP contribution in [0.5, 0.6) is 0 Å². The Morgan fingerprint density at radius 1 is 1.50 bits per heavy atom. The van der Waals surface area contributed by atoms with E-state index in [9.17, 15) is 0 Å². The van der Waals surface area contributed by atoms with Crippen LogP contribution >= 0.6 is 0 Å². The molecule has 0 spiro atoms. The van der Waals surface area contributed by atoms with Crippen molar-refractivity contribution < 1.29 is 0 Å². The van der Waals surface area contributed by atoms with E-state index in [1.54, 1.807) is 0 Å². The Hall–Kier alpha value is -1.35. The Morgan fingerprint density at radius 3 is 2.88 bits per heavy atom. The van der Waals surface area contributed by atoms with Gasteiger partial charge in [-0.05, 0) is 30.0 Å². The van der Waals surface area contributed by atoms with Gasteiger partial charge in [-0.1, -0.05) is 13.0 Å². The largest absolute Gasteiger partial charge is 0.331 e. The van der Waals surface area contributed by atoms with Crippen molar-refractivity contribution in [3.63, 3.8) is 0 Å². The Bertz CT molecular complexity index is 541. The Labute approximate surface area is 95.3 Å². The lowest BCUT2D eigenvalue weighted by atomic mass is 10.2. The predicted octanol–water partition coefficient (Wildman–Crippen LogP) is 2.16. The minimum absolute atomic E-state index is 0.594. The molecule has 1 saturated carbocycles. The number of aromatic nitrogens is 2. The zero-order valence-corrected chi connectivity index (χ0v) is 9.77. The number of imidazole rings is 1. The third-order valence-corrected chi connectivity index (χ3v) is 3.66. The van der Waals surface area contributed by atoms with Crippen molar-refractivity contribution in [2.45, 2.75) is 25.8 Å². The zero-order chi connectivity index (χ0) is 11.3. The molecule has 16 heavy (non-hydrogen) atoms. The van der Waals surface area contributed by atoms with Crippen LogP contribution in [0.1, 0.15) is 30.7 Å². The molecule has 0 radical (unpaired) electrons. The van der Waals surface area contributed by atoms with Crippen LogP contribution in [0.15, 0.2) is 18.2 Å². The summed E-state index contributed by atoms with van der Waals surface area (Å²) >= 11 is 0. The molecule has 1 fully saturated rings. The SMILES string of the molecule is CC1CC1c1nc2ccc(CN)cc2n1C. The molecule has 2 N–H and O–H groups in total. The molecule has 1 aromatic carbocycles. The van der Waals surface area contributed by atoms with E-state index in [-0.39, 0.29) is 0 Å². The lowest BCUT2D eigenvalue weighted by molar-refractivity contribution is 0.779. The number of aryl methyl sites for hydroxylation is 1. The number of hydrogen-bond donors (Lipinski definition) is 1. The average molecular weight is 215 g/mol. The van der Waals surface area contributed by atoms with Crippen LogP contribution in [-0.2, 0) is 13.6 Å². The first-order valence-electron chi connectivity index (χ1n) is 5.86. The maximum Gasteiger partial charge on any atom is 0.113 e. The van der Waals surface area contributed by atoms with E-state index >= 15 is 0 Å². The molecule has 1 heterocycles.